The highest BCUT2D eigenvalue weighted by Gasteiger charge is 2.07. The maximum atomic E-state index is 11.9. The number of carbonyl (C=O) groups excluding carboxylic acids is 1. The minimum atomic E-state index is -3.68. The Balaban J connectivity index is 1.73. The number of hydrogen-bond acceptors (Lipinski definition) is 4. The number of hydrogen-bond donors (Lipinski definition) is 2. The molecule has 2 rings (SSSR count). The van der Waals surface area contributed by atoms with Gasteiger partial charge in [0.1, 0.15) is 5.75 Å². The normalized spacial score (nSPS) is 11.1. The monoisotopic (exact) mass is 362 g/mol. The van der Waals surface area contributed by atoms with Gasteiger partial charge in [-0.25, -0.2) is 13.6 Å². The molecule has 134 valence electrons. The average molecular weight is 362 g/mol. The van der Waals surface area contributed by atoms with E-state index >= 15 is 0 Å². The first-order valence-electron chi connectivity index (χ1n) is 7.90. The highest BCUT2D eigenvalue weighted by atomic mass is 32.2. The van der Waals surface area contributed by atoms with Crippen LogP contribution in [0.4, 0.5) is 0 Å². The van der Waals surface area contributed by atoms with E-state index in [4.69, 9.17) is 9.88 Å². The molecule has 0 aliphatic rings. The third kappa shape index (κ3) is 6.21. The Kier molecular flexibility index (Phi) is 6.55. The highest BCUT2D eigenvalue weighted by molar-refractivity contribution is 7.89. The van der Waals surface area contributed by atoms with Crippen LogP contribution in [0.3, 0.4) is 0 Å². The van der Waals surface area contributed by atoms with E-state index < -0.39 is 10.0 Å². The summed E-state index contributed by atoms with van der Waals surface area (Å²) in [5.74, 6) is 0.769. The van der Waals surface area contributed by atoms with Crippen LogP contribution in [-0.4, -0.2) is 28.0 Å². The van der Waals surface area contributed by atoms with Crippen molar-refractivity contribution in [1.29, 1.82) is 0 Å². The van der Waals surface area contributed by atoms with Gasteiger partial charge in [-0.05, 0) is 48.2 Å². The summed E-state index contributed by atoms with van der Waals surface area (Å²) >= 11 is 0. The SMILES string of the molecule is COc1ccc(CCNC(=O)CCc2ccc(S(N)(=O)=O)cc2)cc1. The molecule has 0 aliphatic heterocycles. The molecule has 0 saturated carbocycles. The maximum absolute atomic E-state index is 11.9. The first-order chi connectivity index (χ1) is 11.9. The number of sulfonamides is 1. The van der Waals surface area contributed by atoms with Crippen molar-refractivity contribution in [2.45, 2.75) is 24.2 Å². The molecule has 0 unspecified atom stereocenters. The number of benzene rings is 2. The van der Waals surface area contributed by atoms with Gasteiger partial charge < -0.3 is 10.1 Å². The number of carbonyl (C=O) groups is 1. The molecule has 0 fully saturated rings. The molecule has 0 bridgehead atoms. The first-order valence-corrected chi connectivity index (χ1v) is 9.44. The summed E-state index contributed by atoms with van der Waals surface area (Å²) < 4.78 is 27.5. The number of ether oxygens (including phenoxy) is 1. The summed E-state index contributed by atoms with van der Waals surface area (Å²) in [5.41, 5.74) is 2.01. The quantitative estimate of drug-likeness (QED) is 0.746. The Morgan fingerprint density at radius 2 is 1.56 bits per heavy atom. The van der Waals surface area contributed by atoms with Crippen molar-refractivity contribution >= 4 is 15.9 Å². The maximum Gasteiger partial charge on any atom is 0.238 e. The molecule has 3 N–H and O–H groups in total. The van der Waals surface area contributed by atoms with Gasteiger partial charge in [0.2, 0.25) is 15.9 Å². The summed E-state index contributed by atoms with van der Waals surface area (Å²) in [4.78, 5) is 12.0. The highest BCUT2D eigenvalue weighted by Crippen LogP contribution is 2.12. The molecule has 0 atom stereocenters. The smallest absolute Gasteiger partial charge is 0.238 e. The summed E-state index contributed by atoms with van der Waals surface area (Å²) in [6, 6.07) is 14.0. The number of aryl methyl sites for hydroxylation is 1. The zero-order valence-electron chi connectivity index (χ0n) is 14.1. The molecule has 0 heterocycles. The Morgan fingerprint density at radius 1 is 1.00 bits per heavy atom. The van der Waals surface area contributed by atoms with E-state index in [2.05, 4.69) is 5.32 Å². The Bertz CT molecular complexity index is 800. The third-order valence-corrected chi connectivity index (χ3v) is 4.72. The molecule has 0 aliphatic carbocycles. The minimum Gasteiger partial charge on any atom is -0.497 e. The van der Waals surface area contributed by atoms with Gasteiger partial charge >= 0.3 is 0 Å². The summed E-state index contributed by atoms with van der Waals surface area (Å²) in [6.07, 6.45) is 1.63. The lowest BCUT2D eigenvalue weighted by Crippen LogP contribution is -2.25. The fourth-order valence-electron chi connectivity index (χ4n) is 2.33. The van der Waals surface area contributed by atoms with Gasteiger partial charge in [-0.1, -0.05) is 24.3 Å². The van der Waals surface area contributed by atoms with Crippen LogP contribution in [0.2, 0.25) is 0 Å². The van der Waals surface area contributed by atoms with E-state index in [1.54, 1.807) is 19.2 Å². The number of nitrogens with one attached hydrogen (secondary N) is 1. The second kappa shape index (κ2) is 8.64. The van der Waals surface area contributed by atoms with Gasteiger partial charge in [0.05, 0.1) is 12.0 Å². The molecule has 2 aromatic rings. The van der Waals surface area contributed by atoms with E-state index in [-0.39, 0.29) is 10.8 Å². The zero-order chi connectivity index (χ0) is 18.3. The summed E-state index contributed by atoms with van der Waals surface area (Å²) in [5, 5.41) is 7.93. The van der Waals surface area contributed by atoms with E-state index in [0.29, 0.717) is 19.4 Å². The Morgan fingerprint density at radius 3 is 2.12 bits per heavy atom. The molecule has 7 heteroatoms. The molecule has 0 saturated heterocycles. The van der Waals surface area contributed by atoms with Gasteiger partial charge in [-0.3, -0.25) is 4.79 Å². The predicted octanol–water partition coefficient (Wildman–Crippen LogP) is 1.63. The van der Waals surface area contributed by atoms with Crippen molar-refractivity contribution in [1.82, 2.24) is 5.32 Å². The van der Waals surface area contributed by atoms with Crippen molar-refractivity contribution < 1.29 is 17.9 Å². The molecule has 2 aromatic carbocycles. The average Bonchev–Trinajstić information content (AvgIpc) is 2.60. The molecule has 0 radical (unpaired) electrons. The topological polar surface area (TPSA) is 98.5 Å². The lowest BCUT2D eigenvalue weighted by atomic mass is 10.1. The Hall–Kier alpha value is -2.38. The van der Waals surface area contributed by atoms with Crippen LogP contribution >= 0.6 is 0 Å². The Labute approximate surface area is 148 Å². The second-order valence-electron chi connectivity index (χ2n) is 5.64. The van der Waals surface area contributed by atoms with Crippen molar-refractivity contribution in [3.8, 4) is 5.75 Å². The fraction of sp³-hybridized carbons (Fsp3) is 0.278. The van der Waals surface area contributed by atoms with Crippen LogP contribution in [-0.2, 0) is 27.7 Å². The van der Waals surface area contributed by atoms with Gasteiger partial charge in [-0.2, -0.15) is 0 Å². The van der Waals surface area contributed by atoms with E-state index in [9.17, 15) is 13.2 Å². The lowest BCUT2D eigenvalue weighted by molar-refractivity contribution is -0.121. The van der Waals surface area contributed by atoms with Crippen LogP contribution in [0.25, 0.3) is 0 Å². The van der Waals surface area contributed by atoms with Gasteiger partial charge in [0.25, 0.3) is 0 Å². The summed E-state index contributed by atoms with van der Waals surface area (Å²) in [6.45, 7) is 0.565. The standard InChI is InChI=1S/C18H22N2O4S/c1-24-16-7-2-15(3-8-16)12-13-20-18(21)11-6-14-4-9-17(10-5-14)25(19,22)23/h2-5,7-10H,6,11-13H2,1H3,(H,20,21)(H2,19,22,23). The van der Waals surface area contributed by atoms with Crippen LogP contribution in [0.15, 0.2) is 53.4 Å². The number of methoxy groups -OCH3 is 1. The summed E-state index contributed by atoms with van der Waals surface area (Å²) in [7, 11) is -2.06. The molecule has 1 amide bonds. The van der Waals surface area contributed by atoms with E-state index in [1.165, 1.54) is 12.1 Å². The van der Waals surface area contributed by atoms with Crippen molar-refractivity contribution in [3.05, 3.63) is 59.7 Å². The lowest BCUT2D eigenvalue weighted by Gasteiger charge is -2.07. The molecule has 6 nitrogen and oxygen atoms in total. The predicted molar refractivity (Wildman–Crippen MR) is 95.8 cm³/mol. The van der Waals surface area contributed by atoms with Crippen LogP contribution in [0.1, 0.15) is 17.5 Å². The number of amides is 1. The number of nitrogens with two attached hydrogens (primary N) is 1. The molecule has 0 aromatic heterocycles. The van der Waals surface area contributed by atoms with Gasteiger partial charge in [0, 0.05) is 13.0 Å². The largest absolute Gasteiger partial charge is 0.497 e. The number of primary sulfonamides is 1. The fourth-order valence-corrected chi connectivity index (χ4v) is 2.85. The van der Waals surface area contributed by atoms with E-state index in [1.807, 2.05) is 24.3 Å². The molecular weight excluding hydrogens is 340 g/mol. The van der Waals surface area contributed by atoms with Gasteiger partial charge in [0.15, 0.2) is 0 Å². The van der Waals surface area contributed by atoms with Crippen LogP contribution in [0, 0.1) is 0 Å². The van der Waals surface area contributed by atoms with Crippen LogP contribution < -0.4 is 15.2 Å². The van der Waals surface area contributed by atoms with Crippen molar-refractivity contribution in [2.75, 3.05) is 13.7 Å². The van der Waals surface area contributed by atoms with Gasteiger partial charge in [-0.15, -0.1) is 0 Å². The van der Waals surface area contributed by atoms with Crippen molar-refractivity contribution in [2.24, 2.45) is 5.14 Å². The third-order valence-electron chi connectivity index (χ3n) is 3.79. The first kappa shape index (κ1) is 19.0. The van der Waals surface area contributed by atoms with Crippen LogP contribution in [0.5, 0.6) is 5.75 Å². The molecule has 25 heavy (non-hydrogen) atoms. The minimum absolute atomic E-state index is 0.0379. The zero-order valence-corrected chi connectivity index (χ0v) is 14.9. The second-order valence-corrected chi connectivity index (χ2v) is 7.20. The molecular formula is C18H22N2O4S. The molecule has 0 spiro atoms. The number of rotatable bonds is 8. The van der Waals surface area contributed by atoms with Crippen molar-refractivity contribution in [3.63, 3.8) is 0 Å². The van der Waals surface area contributed by atoms with E-state index in [0.717, 1.165) is 23.3 Å².